The van der Waals surface area contributed by atoms with E-state index in [1.54, 1.807) is 0 Å². The Hall–Kier alpha value is -0.150. The zero-order chi connectivity index (χ0) is 6.62. The molecule has 0 aliphatic heterocycles. The predicted octanol–water partition coefficient (Wildman–Crippen LogP) is 0.720. The molecule has 4 nitrogen and oxygen atoms in total. The minimum absolute atomic E-state index is 0.183. The van der Waals surface area contributed by atoms with E-state index in [-0.39, 0.29) is 6.61 Å². The van der Waals surface area contributed by atoms with Crippen LogP contribution in [-0.2, 0) is 14.0 Å². The minimum Gasteiger partial charge on any atom is -0.301 e. The Balaban J connectivity index is 3.40. The Morgan fingerprint density at radius 3 is 2.50 bits per heavy atom. The third kappa shape index (κ3) is 5.85. The van der Waals surface area contributed by atoms with Crippen LogP contribution in [0.5, 0.6) is 0 Å². The monoisotopic (exact) mass is 137 g/mol. The first-order valence-electron chi connectivity index (χ1n) is 1.85. The Morgan fingerprint density at radius 2 is 2.38 bits per heavy atom. The van der Waals surface area contributed by atoms with Gasteiger partial charge >= 0.3 is 7.82 Å². The molecule has 1 N–H and O–H groups in total. The average molecular weight is 137 g/mol. The van der Waals surface area contributed by atoms with Crippen molar-refractivity contribution in [1.29, 1.82) is 0 Å². The van der Waals surface area contributed by atoms with E-state index in [1.165, 1.54) is 6.08 Å². The van der Waals surface area contributed by atoms with Crippen LogP contribution in [-0.4, -0.2) is 11.5 Å². The van der Waals surface area contributed by atoms with Gasteiger partial charge in [-0.05, 0) is 0 Å². The first kappa shape index (κ1) is 7.85. The maximum absolute atomic E-state index is 9.70. The minimum atomic E-state index is -4.50. The van der Waals surface area contributed by atoms with Gasteiger partial charge in [0.05, 0.1) is 6.61 Å². The smallest absolute Gasteiger partial charge is 0.301 e. The molecule has 47 valence electrons. The lowest BCUT2D eigenvalue weighted by Crippen LogP contribution is -1.84. The Labute approximate surface area is 47.0 Å². The van der Waals surface area contributed by atoms with Gasteiger partial charge in [-0.3, -0.25) is 4.52 Å². The Morgan fingerprint density at radius 1 is 1.88 bits per heavy atom. The molecule has 0 aromatic heterocycles. The number of hydrogen-bond donors (Lipinski definition) is 1. The van der Waals surface area contributed by atoms with E-state index in [1.807, 2.05) is 0 Å². The van der Waals surface area contributed by atoms with Crippen molar-refractivity contribution in [3.8, 4) is 0 Å². The molecule has 5 heteroatoms. The summed E-state index contributed by atoms with van der Waals surface area (Å²) in [5, 5.41) is 0. The summed E-state index contributed by atoms with van der Waals surface area (Å²) in [6.45, 7) is 2.98. The number of hydrogen-bond acceptors (Lipinski definition) is 2. The van der Waals surface area contributed by atoms with Crippen LogP contribution < -0.4 is 0 Å². The predicted molar refractivity (Wildman–Crippen MR) is 26.7 cm³/mol. The number of rotatable bonds is 3. The second-order valence-corrected chi connectivity index (χ2v) is 2.25. The topological polar surface area (TPSA) is 66.4 Å². The van der Waals surface area contributed by atoms with Crippen LogP contribution in [0.1, 0.15) is 0 Å². The van der Waals surface area contributed by atoms with Crippen molar-refractivity contribution in [2.24, 2.45) is 0 Å². The van der Waals surface area contributed by atoms with E-state index in [0.717, 1.165) is 0 Å². The van der Waals surface area contributed by atoms with Crippen LogP contribution in [0.15, 0.2) is 12.7 Å². The van der Waals surface area contributed by atoms with Crippen molar-refractivity contribution in [2.75, 3.05) is 6.61 Å². The second-order valence-electron chi connectivity index (χ2n) is 1.05. The molecule has 0 bridgehead atoms. The Kier molecular flexibility index (Phi) is 2.94. The molecule has 0 saturated carbocycles. The van der Waals surface area contributed by atoms with Gasteiger partial charge < -0.3 is 4.89 Å². The summed E-state index contributed by atoms with van der Waals surface area (Å²) in [4.78, 5) is 17.6. The van der Waals surface area contributed by atoms with Crippen molar-refractivity contribution in [3.05, 3.63) is 12.7 Å². The molecule has 0 fully saturated rings. The summed E-state index contributed by atoms with van der Waals surface area (Å²) in [5.41, 5.74) is 0. The SMILES string of the molecule is C=CCOP([O])(=O)O. The molecule has 1 radical (unpaired) electrons. The standard InChI is InChI=1S/C3H6O4P/c1-2-3-7-8(4,5)6/h2H,1,3H2,(H,4,5). The summed E-state index contributed by atoms with van der Waals surface area (Å²) in [6, 6.07) is 0. The van der Waals surface area contributed by atoms with Crippen molar-refractivity contribution in [3.63, 3.8) is 0 Å². The second kappa shape index (κ2) is 2.99. The van der Waals surface area contributed by atoms with Gasteiger partial charge in [-0.25, -0.2) is 4.57 Å². The van der Waals surface area contributed by atoms with Gasteiger partial charge in [0.1, 0.15) is 0 Å². The highest BCUT2D eigenvalue weighted by atomic mass is 31.2. The maximum Gasteiger partial charge on any atom is 0.500 e. The lowest BCUT2D eigenvalue weighted by molar-refractivity contribution is 0.186. The van der Waals surface area contributed by atoms with E-state index < -0.39 is 7.82 Å². The van der Waals surface area contributed by atoms with Gasteiger partial charge in [-0.1, -0.05) is 6.08 Å². The molecule has 0 rings (SSSR count). The fourth-order valence-corrected chi connectivity index (χ4v) is 0.441. The van der Waals surface area contributed by atoms with Gasteiger partial charge in [0.2, 0.25) is 0 Å². The molecule has 1 unspecified atom stereocenters. The van der Waals surface area contributed by atoms with Crippen molar-refractivity contribution >= 4 is 7.82 Å². The van der Waals surface area contributed by atoms with Crippen molar-refractivity contribution in [1.82, 2.24) is 0 Å². The van der Waals surface area contributed by atoms with Crippen LogP contribution in [0.3, 0.4) is 0 Å². The molecular formula is C3H6O4P. The van der Waals surface area contributed by atoms with E-state index in [4.69, 9.17) is 4.89 Å². The normalized spacial score (nSPS) is 11.2. The van der Waals surface area contributed by atoms with E-state index in [0.29, 0.717) is 0 Å². The van der Waals surface area contributed by atoms with Crippen molar-refractivity contribution < 1.29 is 18.9 Å². The molecule has 0 aromatic carbocycles. The average Bonchev–Trinajstić information content (AvgIpc) is 1.59. The molecule has 0 aliphatic carbocycles. The largest absolute Gasteiger partial charge is 0.500 e. The first-order valence-corrected chi connectivity index (χ1v) is 3.35. The highest BCUT2D eigenvalue weighted by Gasteiger charge is 2.14. The molecule has 0 aromatic rings. The lowest BCUT2D eigenvalue weighted by Gasteiger charge is -1.96. The molecule has 0 aliphatic rings. The third-order valence-corrected chi connectivity index (χ3v) is 0.831. The van der Waals surface area contributed by atoms with Gasteiger partial charge in [0.25, 0.3) is 0 Å². The summed E-state index contributed by atoms with van der Waals surface area (Å²) in [7, 11) is -4.50. The highest BCUT2D eigenvalue weighted by Crippen LogP contribution is 2.36. The molecule has 0 amide bonds. The maximum atomic E-state index is 9.70. The van der Waals surface area contributed by atoms with Crippen LogP contribution in [0.25, 0.3) is 0 Å². The first-order chi connectivity index (χ1) is 3.56. The summed E-state index contributed by atoms with van der Waals surface area (Å²) in [6.07, 6.45) is 1.22. The fraction of sp³-hybridized carbons (Fsp3) is 0.333. The van der Waals surface area contributed by atoms with E-state index in [2.05, 4.69) is 11.1 Å². The zero-order valence-electron chi connectivity index (χ0n) is 4.11. The molecule has 1 atom stereocenters. The fourth-order valence-electron chi connectivity index (χ4n) is 0.147. The molecule has 0 spiro atoms. The quantitative estimate of drug-likeness (QED) is 0.460. The Bertz CT molecular complexity index is 114. The van der Waals surface area contributed by atoms with Gasteiger partial charge in [-0.2, -0.15) is 0 Å². The molecule has 0 saturated heterocycles. The lowest BCUT2D eigenvalue weighted by atomic mass is 10.7. The third-order valence-electron chi connectivity index (χ3n) is 0.356. The van der Waals surface area contributed by atoms with Crippen LogP contribution in [0.2, 0.25) is 0 Å². The molecule has 0 heterocycles. The van der Waals surface area contributed by atoms with Crippen LogP contribution in [0.4, 0.5) is 0 Å². The van der Waals surface area contributed by atoms with Gasteiger partial charge in [-0.15, -0.1) is 11.5 Å². The summed E-state index contributed by atoms with van der Waals surface area (Å²) in [5.74, 6) is 0. The highest BCUT2D eigenvalue weighted by molar-refractivity contribution is 7.46. The van der Waals surface area contributed by atoms with Crippen LogP contribution >= 0.6 is 7.82 Å². The molecule has 8 heavy (non-hydrogen) atoms. The van der Waals surface area contributed by atoms with Crippen LogP contribution in [0, 0.1) is 0 Å². The van der Waals surface area contributed by atoms with Gasteiger partial charge in [0, 0.05) is 0 Å². The van der Waals surface area contributed by atoms with Gasteiger partial charge in [0.15, 0.2) is 0 Å². The summed E-state index contributed by atoms with van der Waals surface area (Å²) >= 11 is 0. The molecular weight excluding hydrogens is 131 g/mol. The van der Waals surface area contributed by atoms with E-state index in [9.17, 15) is 9.46 Å². The van der Waals surface area contributed by atoms with Crippen molar-refractivity contribution in [2.45, 2.75) is 0 Å². The summed E-state index contributed by atoms with van der Waals surface area (Å²) < 4.78 is 13.5. The zero-order valence-corrected chi connectivity index (χ0v) is 5.01. The van der Waals surface area contributed by atoms with E-state index >= 15 is 0 Å².